The number of nitrogens with zero attached hydrogens (tertiary/aromatic N) is 1. The van der Waals surface area contributed by atoms with Crippen LogP contribution in [0.25, 0.3) is 0 Å². The fraction of sp³-hybridized carbons (Fsp3) is 0.500. The molecule has 0 saturated heterocycles. The van der Waals surface area contributed by atoms with Crippen molar-refractivity contribution < 1.29 is 23.0 Å². The Morgan fingerprint density at radius 1 is 1.31 bits per heavy atom. The molecule has 1 aromatic heterocycles. The minimum absolute atomic E-state index is 0.000336. The minimum Gasteiger partial charge on any atom is -0.492 e. The predicted octanol–water partition coefficient (Wildman–Crippen LogP) is 2.30. The highest BCUT2D eigenvalue weighted by Crippen LogP contribution is 2.21. The molecule has 6 heteroatoms. The van der Waals surface area contributed by atoms with Crippen molar-refractivity contribution in [1.82, 2.24) is 4.98 Å². The summed E-state index contributed by atoms with van der Waals surface area (Å²) < 4.78 is 40.4. The molecule has 90 valence electrons. The van der Waals surface area contributed by atoms with Gasteiger partial charge in [-0.25, -0.2) is 0 Å². The smallest absolute Gasteiger partial charge is 0.389 e. The molecule has 0 aliphatic rings. The third-order valence-electron chi connectivity index (χ3n) is 1.83. The van der Waals surface area contributed by atoms with E-state index in [2.05, 4.69) is 4.98 Å². The topological polar surface area (TPSA) is 42.4 Å². The Morgan fingerprint density at radius 2 is 2.06 bits per heavy atom. The van der Waals surface area contributed by atoms with Crippen LogP contribution in [0.1, 0.15) is 18.5 Å². The summed E-state index contributed by atoms with van der Waals surface area (Å²) in [4.78, 5) is 3.83. The van der Waals surface area contributed by atoms with Crippen LogP contribution in [0, 0.1) is 0 Å². The normalized spacial score (nSPS) is 11.5. The molecule has 0 saturated carbocycles. The molecule has 16 heavy (non-hydrogen) atoms. The molecule has 1 aromatic rings. The summed E-state index contributed by atoms with van der Waals surface area (Å²) in [6.07, 6.45) is -3.69. The molecule has 0 unspecified atom stereocenters. The van der Waals surface area contributed by atoms with Gasteiger partial charge in [-0.05, 0) is 18.6 Å². The Bertz CT molecular complexity index is 311. The molecular formula is C10H12F3NO2. The van der Waals surface area contributed by atoms with Gasteiger partial charge >= 0.3 is 6.18 Å². The van der Waals surface area contributed by atoms with Gasteiger partial charge in [-0.1, -0.05) is 0 Å². The van der Waals surface area contributed by atoms with Crippen LogP contribution in [-0.4, -0.2) is 22.9 Å². The molecule has 1 heterocycles. The van der Waals surface area contributed by atoms with Gasteiger partial charge in [0.25, 0.3) is 0 Å². The Kier molecular flexibility index (Phi) is 4.54. The Morgan fingerprint density at radius 3 is 2.56 bits per heavy atom. The maximum absolute atomic E-state index is 11.8. The molecular weight excluding hydrogens is 223 g/mol. The van der Waals surface area contributed by atoms with Crippen molar-refractivity contribution in [2.24, 2.45) is 0 Å². The minimum atomic E-state index is -4.14. The molecule has 0 radical (unpaired) electrons. The zero-order valence-electron chi connectivity index (χ0n) is 8.50. The number of ether oxygens (including phenoxy) is 1. The van der Waals surface area contributed by atoms with Crippen LogP contribution in [0.2, 0.25) is 0 Å². The number of pyridine rings is 1. The number of aliphatic hydroxyl groups excluding tert-OH is 1. The summed E-state index contributed by atoms with van der Waals surface area (Å²) >= 11 is 0. The lowest BCUT2D eigenvalue weighted by Crippen LogP contribution is -2.09. The summed E-state index contributed by atoms with van der Waals surface area (Å²) in [6.45, 7) is -0.173. The Hall–Kier alpha value is -1.30. The summed E-state index contributed by atoms with van der Waals surface area (Å²) in [5, 5.41) is 8.70. The zero-order valence-corrected chi connectivity index (χ0v) is 8.50. The molecule has 0 aromatic carbocycles. The van der Waals surface area contributed by atoms with Crippen molar-refractivity contribution in [3.8, 4) is 5.75 Å². The van der Waals surface area contributed by atoms with E-state index in [9.17, 15) is 13.2 Å². The first-order valence-electron chi connectivity index (χ1n) is 4.76. The van der Waals surface area contributed by atoms with Gasteiger partial charge in [0.05, 0.1) is 25.1 Å². The second-order valence-corrected chi connectivity index (χ2v) is 3.21. The van der Waals surface area contributed by atoms with Crippen molar-refractivity contribution in [3.63, 3.8) is 0 Å². The predicted molar refractivity (Wildman–Crippen MR) is 50.9 cm³/mol. The Labute approximate surface area is 90.9 Å². The van der Waals surface area contributed by atoms with Crippen LogP contribution in [0.3, 0.4) is 0 Å². The van der Waals surface area contributed by atoms with Crippen molar-refractivity contribution in [3.05, 3.63) is 24.0 Å². The van der Waals surface area contributed by atoms with E-state index in [1.807, 2.05) is 0 Å². The van der Waals surface area contributed by atoms with Gasteiger partial charge in [-0.3, -0.25) is 4.98 Å². The van der Waals surface area contributed by atoms with Crippen LogP contribution >= 0.6 is 0 Å². The van der Waals surface area contributed by atoms with Crippen LogP contribution in [0.4, 0.5) is 13.2 Å². The molecule has 0 spiro atoms. The second-order valence-electron chi connectivity index (χ2n) is 3.21. The molecule has 1 N–H and O–H groups in total. The highest BCUT2D eigenvalue weighted by Gasteiger charge is 2.26. The highest BCUT2D eigenvalue weighted by molar-refractivity contribution is 5.19. The van der Waals surface area contributed by atoms with E-state index in [1.165, 1.54) is 6.20 Å². The van der Waals surface area contributed by atoms with Crippen molar-refractivity contribution in [2.45, 2.75) is 25.6 Å². The van der Waals surface area contributed by atoms with E-state index in [-0.39, 0.29) is 19.6 Å². The van der Waals surface area contributed by atoms with E-state index in [0.717, 1.165) is 0 Å². The van der Waals surface area contributed by atoms with E-state index in [4.69, 9.17) is 9.84 Å². The van der Waals surface area contributed by atoms with Gasteiger partial charge in [-0.15, -0.1) is 0 Å². The maximum atomic E-state index is 11.8. The van der Waals surface area contributed by atoms with Gasteiger partial charge < -0.3 is 9.84 Å². The van der Waals surface area contributed by atoms with Gasteiger partial charge in [-0.2, -0.15) is 13.2 Å². The molecule has 3 nitrogen and oxygen atoms in total. The second kappa shape index (κ2) is 5.69. The number of rotatable bonds is 5. The summed E-state index contributed by atoms with van der Waals surface area (Å²) in [5.41, 5.74) is 0.489. The molecule has 0 fully saturated rings. The van der Waals surface area contributed by atoms with Crippen LogP contribution in [0.5, 0.6) is 5.75 Å². The van der Waals surface area contributed by atoms with Gasteiger partial charge in [0.15, 0.2) is 0 Å². The number of halogens is 3. The molecule has 0 bridgehead atoms. The Balaban J connectivity index is 2.27. The third-order valence-corrected chi connectivity index (χ3v) is 1.83. The highest BCUT2D eigenvalue weighted by atomic mass is 19.4. The number of aliphatic hydroxyl groups is 1. The first kappa shape index (κ1) is 12.8. The lowest BCUT2D eigenvalue weighted by molar-refractivity contribution is -0.136. The SMILES string of the molecule is OCc1ccc(OCCCC(F)(F)F)cn1. The lowest BCUT2D eigenvalue weighted by Gasteiger charge is -2.08. The molecule has 0 atom stereocenters. The summed E-state index contributed by atoms with van der Waals surface area (Å²) in [7, 11) is 0. The van der Waals surface area contributed by atoms with Crippen LogP contribution in [0.15, 0.2) is 18.3 Å². The van der Waals surface area contributed by atoms with E-state index in [1.54, 1.807) is 12.1 Å². The van der Waals surface area contributed by atoms with E-state index < -0.39 is 12.6 Å². The molecule has 0 aliphatic heterocycles. The van der Waals surface area contributed by atoms with Gasteiger partial charge in [0, 0.05) is 6.42 Å². The van der Waals surface area contributed by atoms with Crippen molar-refractivity contribution in [1.29, 1.82) is 0 Å². The van der Waals surface area contributed by atoms with Gasteiger partial charge in [0.2, 0.25) is 0 Å². The largest absolute Gasteiger partial charge is 0.492 e. The van der Waals surface area contributed by atoms with Crippen LogP contribution in [-0.2, 0) is 6.61 Å². The van der Waals surface area contributed by atoms with Crippen LogP contribution < -0.4 is 4.74 Å². The number of alkyl halides is 3. The number of aromatic nitrogens is 1. The quantitative estimate of drug-likeness (QED) is 0.796. The van der Waals surface area contributed by atoms with E-state index >= 15 is 0 Å². The standard InChI is InChI=1S/C10H12F3NO2/c11-10(12,13)4-1-5-16-9-3-2-8(7-15)14-6-9/h2-3,6,15H,1,4-5,7H2. The zero-order chi connectivity index (χ0) is 12.0. The summed E-state index contributed by atoms with van der Waals surface area (Å²) in [6, 6.07) is 3.12. The summed E-state index contributed by atoms with van der Waals surface area (Å²) in [5.74, 6) is 0.402. The first-order valence-corrected chi connectivity index (χ1v) is 4.76. The average molecular weight is 235 g/mol. The maximum Gasteiger partial charge on any atom is 0.389 e. The lowest BCUT2D eigenvalue weighted by atomic mass is 10.3. The van der Waals surface area contributed by atoms with Crippen molar-refractivity contribution in [2.75, 3.05) is 6.61 Å². The molecule has 1 rings (SSSR count). The first-order chi connectivity index (χ1) is 7.51. The molecule has 0 amide bonds. The average Bonchev–Trinajstić information content (AvgIpc) is 2.24. The monoisotopic (exact) mass is 235 g/mol. The fourth-order valence-electron chi connectivity index (χ4n) is 1.05. The third kappa shape index (κ3) is 4.97. The fourth-order valence-corrected chi connectivity index (χ4v) is 1.05. The molecule has 0 aliphatic carbocycles. The van der Waals surface area contributed by atoms with E-state index in [0.29, 0.717) is 11.4 Å². The van der Waals surface area contributed by atoms with Gasteiger partial charge in [0.1, 0.15) is 5.75 Å². The number of hydrogen-bond donors (Lipinski definition) is 1. The number of hydrogen-bond acceptors (Lipinski definition) is 3. The van der Waals surface area contributed by atoms with Crippen molar-refractivity contribution >= 4 is 0 Å².